The molecule has 1 aromatic heterocycles. The van der Waals surface area contributed by atoms with Crippen LogP contribution in [0.5, 0.6) is 0 Å². The van der Waals surface area contributed by atoms with E-state index in [1.54, 1.807) is 36.4 Å². The highest BCUT2D eigenvalue weighted by atomic mass is 16.5. The molecule has 0 atom stereocenters. The van der Waals surface area contributed by atoms with Crippen molar-refractivity contribution in [2.75, 3.05) is 11.9 Å². The van der Waals surface area contributed by atoms with Gasteiger partial charge in [0.2, 0.25) is 0 Å². The number of hydrogen-bond acceptors (Lipinski definition) is 4. The first-order chi connectivity index (χ1) is 12.9. The molecule has 0 saturated heterocycles. The van der Waals surface area contributed by atoms with E-state index >= 15 is 0 Å². The molecule has 138 valence electrons. The van der Waals surface area contributed by atoms with Gasteiger partial charge in [0.05, 0.1) is 11.3 Å². The van der Waals surface area contributed by atoms with Crippen LogP contribution in [0.2, 0.25) is 0 Å². The molecule has 0 radical (unpaired) electrons. The summed E-state index contributed by atoms with van der Waals surface area (Å²) in [5, 5.41) is 2.69. The Hall–Kier alpha value is -3.41. The average molecular weight is 363 g/mol. The third kappa shape index (κ3) is 4.61. The molecule has 0 spiro atoms. The highest BCUT2D eigenvalue weighted by Crippen LogP contribution is 2.18. The van der Waals surface area contributed by atoms with E-state index in [0.717, 1.165) is 28.3 Å². The Bertz CT molecular complexity index is 938. The topological polar surface area (TPSA) is 84.1 Å². The van der Waals surface area contributed by atoms with Gasteiger partial charge in [0.15, 0.2) is 6.61 Å². The molecular formula is C21H21N3O3. The van der Waals surface area contributed by atoms with Gasteiger partial charge in [0.25, 0.3) is 5.91 Å². The minimum absolute atomic E-state index is 0.342. The molecule has 0 aliphatic rings. The lowest BCUT2D eigenvalue weighted by molar-refractivity contribution is -0.119. The third-order valence-corrected chi connectivity index (χ3v) is 4.19. The summed E-state index contributed by atoms with van der Waals surface area (Å²) in [6, 6.07) is 14.3. The summed E-state index contributed by atoms with van der Waals surface area (Å²) in [6.45, 7) is 5.51. The summed E-state index contributed by atoms with van der Waals surface area (Å²) in [5.41, 5.74) is 4.96. The lowest BCUT2D eigenvalue weighted by Gasteiger charge is -2.07. The van der Waals surface area contributed by atoms with E-state index in [1.807, 2.05) is 32.9 Å². The van der Waals surface area contributed by atoms with Crippen molar-refractivity contribution >= 4 is 17.6 Å². The molecule has 0 aliphatic carbocycles. The van der Waals surface area contributed by atoms with Crippen molar-refractivity contribution in [1.29, 1.82) is 0 Å². The SMILES string of the molecule is Cc1ccc(NC(=O)COC(=O)c2ccc(-c3nc(C)c(C)[nH]3)cc2)cc1. The molecule has 3 aromatic rings. The number of nitrogens with one attached hydrogen (secondary N) is 2. The van der Waals surface area contributed by atoms with Crippen LogP contribution in [0.4, 0.5) is 5.69 Å². The zero-order chi connectivity index (χ0) is 19.4. The van der Waals surface area contributed by atoms with Gasteiger partial charge in [0, 0.05) is 16.9 Å². The molecule has 6 heteroatoms. The molecule has 6 nitrogen and oxygen atoms in total. The van der Waals surface area contributed by atoms with Gasteiger partial charge in [-0.15, -0.1) is 0 Å². The van der Waals surface area contributed by atoms with Crippen molar-refractivity contribution in [3.8, 4) is 11.4 Å². The Morgan fingerprint density at radius 2 is 1.67 bits per heavy atom. The minimum atomic E-state index is -0.549. The average Bonchev–Trinajstić information content (AvgIpc) is 3.00. The lowest BCUT2D eigenvalue weighted by atomic mass is 10.1. The number of aryl methyl sites for hydroxylation is 3. The van der Waals surface area contributed by atoms with Crippen LogP contribution in [0.15, 0.2) is 48.5 Å². The fraction of sp³-hybridized carbons (Fsp3) is 0.190. The number of aromatic amines is 1. The van der Waals surface area contributed by atoms with Gasteiger partial charge in [-0.25, -0.2) is 9.78 Å². The van der Waals surface area contributed by atoms with Gasteiger partial charge < -0.3 is 15.0 Å². The lowest BCUT2D eigenvalue weighted by Crippen LogP contribution is -2.20. The van der Waals surface area contributed by atoms with Gasteiger partial charge in [0.1, 0.15) is 5.82 Å². The zero-order valence-corrected chi connectivity index (χ0v) is 15.5. The van der Waals surface area contributed by atoms with Crippen LogP contribution in [0.25, 0.3) is 11.4 Å². The van der Waals surface area contributed by atoms with Gasteiger partial charge >= 0.3 is 5.97 Å². The summed E-state index contributed by atoms with van der Waals surface area (Å²) >= 11 is 0. The Kier molecular flexibility index (Phi) is 5.35. The Labute approximate surface area is 157 Å². The Balaban J connectivity index is 1.56. The monoisotopic (exact) mass is 363 g/mol. The van der Waals surface area contributed by atoms with Crippen molar-refractivity contribution in [2.24, 2.45) is 0 Å². The molecule has 0 saturated carbocycles. The number of aromatic nitrogens is 2. The standard InChI is InChI=1S/C21H21N3O3/c1-13-4-10-18(11-5-13)24-19(25)12-27-21(26)17-8-6-16(7-9-17)20-22-14(2)15(3)23-20/h4-11H,12H2,1-3H3,(H,22,23)(H,24,25). The number of hydrogen-bond donors (Lipinski definition) is 2. The second kappa shape index (κ2) is 7.86. The quantitative estimate of drug-likeness (QED) is 0.676. The molecule has 1 heterocycles. The van der Waals surface area contributed by atoms with E-state index in [-0.39, 0.29) is 12.5 Å². The van der Waals surface area contributed by atoms with Crippen LogP contribution in [0, 0.1) is 20.8 Å². The summed E-state index contributed by atoms with van der Waals surface area (Å²) in [6.07, 6.45) is 0. The van der Waals surface area contributed by atoms with Gasteiger partial charge in [-0.1, -0.05) is 29.8 Å². The maximum Gasteiger partial charge on any atom is 0.338 e. The fourth-order valence-corrected chi connectivity index (χ4v) is 2.50. The second-order valence-electron chi connectivity index (χ2n) is 6.36. The predicted molar refractivity (Wildman–Crippen MR) is 104 cm³/mol. The van der Waals surface area contributed by atoms with Gasteiger partial charge in [-0.05, 0) is 45.0 Å². The van der Waals surface area contributed by atoms with E-state index in [2.05, 4.69) is 15.3 Å². The number of esters is 1. The van der Waals surface area contributed by atoms with Crippen molar-refractivity contribution in [3.63, 3.8) is 0 Å². The highest BCUT2D eigenvalue weighted by Gasteiger charge is 2.12. The smallest absolute Gasteiger partial charge is 0.338 e. The molecule has 1 amide bonds. The number of imidazole rings is 1. The molecular weight excluding hydrogens is 342 g/mol. The number of ether oxygens (including phenoxy) is 1. The van der Waals surface area contributed by atoms with Crippen LogP contribution >= 0.6 is 0 Å². The predicted octanol–water partition coefficient (Wildman–Crippen LogP) is 3.80. The number of anilines is 1. The molecule has 0 bridgehead atoms. The Morgan fingerprint density at radius 1 is 1.00 bits per heavy atom. The van der Waals surface area contributed by atoms with Crippen molar-refractivity contribution < 1.29 is 14.3 Å². The van der Waals surface area contributed by atoms with Crippen LogP contribution in [0.3, 0.4) is 0 Å². The Morgan fingerprint density at radius 3 is 2.26 bits per heavy atom. The number of carbonyl (C=O) groups is 2. The number of nitrogens with zero attached hydrogens (tertiary/aromatic N) is 1. The van der Waals surface area contributed by atoms with Crippen LogP contribution in [-0.4, -0.2) is 28.5 Å². The molecule has 0 unspecified atom stereocenters. The number of carbonyl (C=O) groups excluding carboxylic acids is 2. The summed E-state index contributed by atoms with van der Waals surface area (Å²) in [5.74, 6) is -0.180. The maximum absolute atomic E-state index is 12.1. The molecule has 0 aliphatic heterocycles. The zero-order valence-electron chi connectivity index (χ0n) is 15.5. The van der Waals surface area contributed by atoms with E-state index < -0.39 is 5.97 Å². The first-order valence-corrected chi connectivity index (χ1v) is 8.59. The minimum Gasteiger partial charge on any atom is -0.452 e. The molecule has 2 N–H and O–H groups in total. The summed E-state index contributed by atoms with van der Waals surface area (Å²) in [4.78, 5) is 31.7. The van der Waals surface area contributed by atoms with Crippen molar-refractivity contribution in [2.45, 2.75) is 20.8 Å². The van der Waals surface area contributed by atoms with E-state index in [0.29, 0.717) is 11.3 Å². The van der Waals surface area contributed by atoms with Crippen molar-refractivity contribution in [3.05, 3.63) is 71.0 Å². The van der Waals surface area contributed by atoms with Gasteiger partial charge in [-0.2, -0.15) is 0 Å². The number of benzene rings is 2. The fourth-order valence-electron chi connectivity index (χ4n) is 2.50. The van der Waals surface area contributed by atoms with E-state index in [9.17, 15) is 9.59 Å². The first-order valence-electron chi connectivity index (χ1n) is 8.59. The molecule has 2 aromatic carbocycles. The van der Waals surface area contributed by atoms with Gasteiger partial charge in [-0.3, -0.25) is 4.79 Å². The highest BCUT2D eigenvalue weighted by molar-refractivity contribution is 5.95. The molecule has 0 fully saturated rings. The number of rotatable bonds is 5. The normalized spacial score (nSPS) is 10.5. The van der Waals surface area contributed by atoms with Crippen LogP contribution in [0.1, 0.15) is 27.3 Å². The summed E-state index contributed by atoms with van der Waals surface area (Å²) in [7, 11) is 0. The van der Waals surface area contributed by atoms with E-state index in [1.165, 1.54) is 0 Å². The number of H-pyrrole nitrogens is 1. The molecule has 27 heavy (non-hydrogen) atoms. The molecule has 3 rings (SSSR count). The third-order valence-electron chi connectivity index (χ3n) is 4.19. The van der Waals surface area contributed by atoms with Crippen LogP contribution < -0.4 is 5.32 Å². The first kappa shape index (κ1) is 18.4. The summed E-state index contributed by atoms with van der Waals surface area (Å²) < 4.78 is 5.08. The second-order valence-corrected chi connectivity index (χ2v) is 6.36. The number of amides is 1. The van der Waals surface area contributed by atoms with Crippen LogP contribution in [-0.2, 0) is 9.53 Å². The van der Waals surface area contributed by atoms with Crippen molar-refractivity contribution in [1.82, 2.24) is 9.97 Å². The largest absolute Gasteiger partial charge is 0.452 e. The van der Waals surface area contributed by atoms with E-state index in [4.69, 9.17) is 4.74 Å². The maximum atomic E-state index is 12.1.